The summed E-state index contributed by atoms with van der Waals surface area (Å²) in [6, 6.07) is 0. The van der Waals surface area contributed by atoms with E-state index in [0.717, 1.165) is 6.42 Å². The van der Waals surface area contributed by atoms with Crippen LogP contribution in [0.25, 0.3) is 0 Å². The maximum atomic E-state index is 8.72. The highest BCUT2D eigenvalue weighted by atomic mass is 16.2. The van der Waals surface area contributed by atoms with E-state index in [4.69, 9.17) is 5.11 Å². The molecule has 24 heavy (non-hydrogen) atoms. The second-order valence-corrected chi connectivity index (χ2v) is 7.48. The molecule has 0 rings (SSSR count). The standard InChI is InChI=1S/C22H47NO/c1-2-3-20-23-21-18-16-14-12-10-8-6-4-5-7-9-11-13-15-17-19-22-24/h23-24H,2-22H2,1H3. The molecule has 0 aliphatic carbocycles. The molecule has 2 nitrogen and oxygen atoms in total. The lowest BCUT2D eigenvalue weighted by molar-refractivity contribution is 0.282. The molecule has 2 N–H and O–H groups in total. The Morgan fingerprint density at radius 1 is 0.458 bits per heavy atom. The summed E-state index contributed by atoms with van der Waals surface area (Å²) < 4.78 is 0. The number of aliphatic hydroxyl groups excluding tert-OH is 1. The number of hydrogen-bond donors (Lipinski definition) is 2. The van der Waals surface area contributed by atoms with Crippen LogP contribution < -0.4 is 5.32 Å². The maximum absolute atomic E-state index is 8.72. The summed E-state index contributed by atoms with van der Waals surface area (Å²) in [5, 5.41) is 12.2. The van der Waals surface area contributed by atoms with Crippen molar-refractivity contribution in [3.05, 3.63) is 0 Å². The van der Waals surface area contributed by atoms with Gasteiger partial charge in [0, 0.05) is 6.61 Å². The SMILES string of the molecule is CCCCNCCCCCCCCCCCCCCCCCCO. The van der Waals surface area contributed by atoms with Crippen LogP contribution in [0.5, 0.6) is 0 Å². The van der Waals surface area contributed by atoms with Gasteiger partial charge in [-0.1, -0.05) is 103 Å². The Hall–Kier alpha value is -0.0800. The molecule has 0 unspecified atom stereocenters. The molecule has 0 amide bonds. The fraction of sp³-hybridized carbons (Fsp3) is 1.00. The predicted octanol–water partition coefficient (Wildman–Crippen LogP) is 6.61. The Kier molecular flexibility index (Phi) is 22.8. The van der Waals surface area contributed by atoms with Crippen molar-refractivity contribution in [3.63, 3.8) is 0 Å². The van der Waals surface area contributed by atoms with E-state index in [1.165, 1.54) is 122 Å². The maximum Gasteiger partial charge on any atom is 0.0431 e. The van der Waals surface area contributed by atoms with Crippen LogP contribution in [0.4, 0.5) is 0 Å². The number of aliphatic hydroxyl groups is 1. The molecular weight excluding hydrogens is 294 g/mol. The summed E-state index contributed by atoms with van der Waals surface area (Å²) in [6.45, 7) is 5.06. The first-order valence-corrected chi connectivity index (χ1v) is 11.2. The van der Waals surface area contributed by atoms with Crippen LogP contribution in [0.1, 0.15) is 122 Å². The Morgan fingerprint density at radius 3 is 1.17 bits per heavy atom. The molecule has 0 atom stereocenters. The molecule has 2 heteroatoms. The van der Waals surface area contributed by atoms with Gasteiger partial charge in [0.25, 0.3) is 0 Å². The third kappa shape index (κ3) is 21.9. The highest BCUT2D eigenvalue weighted by molar-refractivity contribution is 4.52. The fourth-order valence-corrected chi connectivity index (χ4v) is 3.26. The summed E-state index contributed by atoms with van der Waals surface area (Å²) >= 11 is 0. The Bertz CT molecular complexity index is 186. The first-order chi connectivity index (χ1) is 11.9. The molecule has 0 radical (unpaired) electrons. The van der Waals surface area contributed by atoms with Crippen molar-refractivity contribution < 1.29 is 5.11 Å². The average Bonchev–Trinajstić information content (AvgIpc) is 2.60. The molecule has 0 fully saturated rings. The van der Waals surface area contributed by atoms with Gasteiger partial charge < -0.3 is 10.4 Å². The van der Waals surface area contributed by atoms with E-state index in [9.17, 15) is 0 Å². The molecule has 0 bridgehead atoms. The number of hydrogen-bond acceptors (Lipinski definition) is 2. The van der Waals surface area contributed by atoms with Crippen LogP contribution in [-0.4, -0.2) is 24.8 Å². The van der Waals surface area contributed by atoms with Crippen molar-refractivity contribution >= 4 is 0 Å². The molecule has 0 saturated heterocycles. The highest BCUT2D eigenvalue weighted by Gasteiger charge is 1.95. The van der Waals surface area contributed by atoms with Gasteiger partial charge in [-0.05, 0) is 32.4 Å². The van der Waals surface area contributed by atoms with Gasteiger partial charge in [-0.2, -0.15) is 0 Å². The van der Waals surface area contributed by atoms with E-state index in [0.29, 0.717) is 6.61 Å². The van der Waals surface area contributed by atoms with E-state index >= 15 is 0 Å². The van der Waals surface area contributed by atoms with Crippen molar-refractivity contribution in [2.45, 2.75) is 122 Å². The average molecular weight is 342 g/mol. The van der Waals surface area contributed by atoms with Gasteiger partial charge in [-0.3, -0.25) is 0 Å². The molecule has 0 spiro atoms. The van der Waals surface area contributed by atoms with Gasteiger partial charge in [0.2, 0.25) is 0 Å². The van der Waals surface area contributed by atoms with E-state index < -0.39 is 0 Å². The van der Waals surface area contributed by atoms with Gasteiger partial charge in [0.15, 0.2) is 0 Å². The van der Waals surface area contributed by atoms with Crippen LogP contribution in [0.3, 0.4) is 0 Å². The summed E-state index contributed by atoms with van der Waals surface area (Å²) in [7, 11) is 0. The molecule has 0 heterocycles. The lowest BCUT2D eigenvalue weighted by Crippen LogP contribution is -2.16. The monoisotopic (exact) mass is 341 g/mol. The zero-order valence-electron chi connectivity index (χ0n) is 16.8. The second kappa shape index (κ2) is 22.9. The molecule has 146 valence electrons. The molecule has 0 saturated carbocycles. The smallest absolute Gasteiger partial charge is 0.0431 e. The quantitative estimate of drug-likeness (QED) is 0.230. The van der Waals surface area contributed by atoms with Crippen molar-refractivity contribution in [2.24, 2.45) is 0 Å². The van der Waals surface area contributed by atoms with Crippen molar-refractivity contribution in [3.8, 4) is 0 Å². The molecule has 0 aliphatic heterocycles. The third-order valence-corrected chi connectivity index (χ3v) is 4.97. The summed E-state index contributed by atoms with van der Waals surface area (Å²) in [5.74, 6) is 0. The van der Waals surface area contributed by atoms with Gasteiger partial charge in [0.05, 0.1) is 0 Å². The van der Waals surface area contributed by atoms with Crippen molar-refractivity contribution in [1.82, 2.24) is 5.32 Å². The lowest BCUT2D eigenvalue weighted by atomic mass is 10.0. The van der Waals surface area contributed by atoms with Crippen LogP contribution in [0, 0.1) is 0 Å². The zero-order chi connectivity index (χ0) is 17.6. The largest absolute Gasteiger partial charge is 0.396 e. The minimum atomic E-state index is 0.371. The van der Waals surface area contributed by atoms with Crippen molar-refractivity contribution in [1.29, 1.82) is 0 Å². The summed E-state index contributed by atoms with van der Waals surface area (Å²) in [5.41, 5.74) is 0. The van der Waals surface area contributed by atoms with Crippen LogP contribution in [-0.2, 0) is 0 Å². The van der Waals surface area contributed by atoms with Gasteiger partial charge >= 0.3 is 0 Å². The van der Waals surface area contributed by atoms with Crippen LogP contribution in [0.2, 0.25) is 0 Å². The Balaban J connectivity index is 2.93. The van der Waals surface area contributed by atoms with E-state index in [1.807, 2.05) is 0 Å². The Morgan fingerprint density at radius 2 is 0.792 bits per heavy atom. The first kappa shape index (κ1) is 23.9. The van der Waals surface area contributed by atoms with Gasteiger partial charge in [-0.15, -0.1) is 0 Å². The van der Waals surface area contributed by atoms with Gasteiger partial charge in [-0.25, -0.2) is 0 Å². The van der Waals surface area contributed by atoms with E-state index in [-0.39, 0.29) is 0 Å². The molecule has 0 aliphatic rings. The molecule has 0 aromatic heterocycles. The molecular formula is C22H47NO. The van der Waals surface area contributed by atoms with Crippen LogP contribution >= 0.6 is 0 Å². The van der Waals surface area contributed by atoms with Crippen LogP contribution in [0.15, 0.2) is 0 Å². The minimum absolute atomic E-state index is 0.371. The number of unbranched alkanes of at least 4 members (excludes halogenated alkanes) is 16. The third-order valence-electron chi connectivity index (χ3n) is 4.97. The number of nitrogens with one attached hydrogen (secondary N) is 1. The normalized spacial score (nSPS) is 11.2. The first-order valence-electron chi connectivity index (χ1n) is 11.2. The molecule has 0 aromatic carbocycles. The second-order valence-electron chi connectivity index (χ2n) is 7.48. The topological polar surface area (TPSA) is 32.3 Å². The molecule has 0 aromatic rings. The predicted molar refractivity (Wildman–Crippen MR) is 109 cm³/mol. The Labute approximate surface area is 153 Å². The lowest BCUT2D eigenvalue weighted by Gasteiger charge is -2.04. The summed E-state index contributed by atoms with van der Waals surface area (Å²) in [4.78, 5) is 0. The van der Waals surface area contributed by atoms with Crippen molar-refractivity contribution in [2.75, 3.05) is 19.7 Å². The summed E-state index contributed by atoms with van der Waals surface area (Å²) in [6.07, 6.45) is 24.7. The van der Waals surface area contributed by atoms with E-state index in [2.05, 4.69) is 12.2 Å². The minimum Gasteiger partial charge on any atom is -0.396 e. The zero-order valence-corrected chi connectivity index (χ0v) is 16.8. The van der Waals surface area contributed by atoms with E-state index in [1.54, 1.807) is 0 Å². The highest BCUT2D eigenvalue weighted by Crippen LogP contribution is 2.13. The number of rotatable bonds is 21. The fourth-order valence-electron chi connectivity index (χ4n) is 3.26. The van der Waals surface area contributed by atoms with Gasteiger partial charge in [0.1, 0.15) is 0 Å².